The number of nitrogens with one attached hydrogen (secondary N) is 1. The minimum Gasteiger partial charge on any atom is -0.464 e. The number of hydrogen-bond donors (Lipinski definition) is 1. The number of rotatable bonds is 7. The van der Waals surface area contributed by atoms with Gasteiger partial charge in [0.1, 0.15) is 5.54 Å². The summed E-state index contributed by atoms with van der Waals surface area (Å²) < 4.78 is 10.5. The number of carbonyl (C=O) groups excluding carboxylic acids is 1. The van der Waals surface area contributed by atoms with Crippen molar-refractivity contribution in [3.63, 3.8) is 0 Å². The van der Waals surface area contributed by atoms with Gasteiger partial charge in [-0.15, -0.1) is 0 Å². The summed E-state index contributed by atoms with van der Waals surface area (Å²) in [5.41, 5.74) is -0.866. The van der Waals surface area contributed by atoms with Gasteiger partial charge in [-0.3, -0.25) is 4.79 Å². The van der Waals surface area contributed by atoms with Crippen LogP contribution >= 0.6 is 0 Å². The van der Waals surface area contributed by atoms with E-state index in [1.807, 2.05) is 34.6 Å². The average molecular weight is 231 g/mol. The van der Waals surface area contributed by atoms with Crippen molar-refractivity contribution in [3.05, 3.63) is 0 Å². The zero-order chi connectivity index (χ0) is 12.8. The second-order valence-electron chi connectivity index (χ2n) is 5.01. The Morgan fingerprint density at radius 2 is 1.81 bits per heavy atom. The highest BCUT2D eigenvalue weighted by Gasteiger charge is 2.28. The maximum Gasteiger partial charge on any atom is 0.325 e. The summed E-state index contributed by atoms with van der Waals surface area (Å²) in [5, 5.41) is 3.08. The van der Waals surface area contributed by atoms with Crippen LogP contribution in [0.25, 0.3) is 0 Å². The first-order valence-corrected chi connectivity index (χ1v) is 5.72. The monoisotopic (exact) mass is 231 g/mol. The van der Waals surface area contributed by atoms with Gasteiger partial charge in [0.15, 0.2) is 0 Å². The van der Waals surface area contributed by atoms with E-state index in [1.54, 1.807) is 7.11 Å². The number of methoxy groups -OCH3 is 1. The fraction of sp³-hybridized carbons (Fsp3) is 0.917. The van der Waals surface area contributed by atoms with Gasteiger partial charge in [0, 0.05) is 13.5 Å². The van der Waals surface area contributed by atoms with E-state index >= 15 is 0 Å². The average Bonchev–Trinajstić information content (AvgIpc) is 2.17. The van der Waals surface area contributed by atoms with Gasteiger partial charge in [-0.05, 0) is 34.2 Å². The van der Waals surface area contributed by atoms with Crippen molar-refractivity contribution in [2.24, 2.45) is 0 Å². The Hall–Kier alpha value is -0.610. The number of likely N-dealkylation sites (N-methyl/N-ethyl adjacent to an activating group) is 1. The van der Waals surface area contributed by atoms with E-state index < -0.39 is 5.54 Å². The summed E-state index contributed by atoms with van der Waals surface area (Å²) in [6.45, 7) is 10.7. The molecule has 0 amide bonds. The van der Waals surface area contributed by atoms with Crippen LogP contribution in [0.15, 0.2) is 0 Å². The normalized spacial score (nSPS) is 12.6. The van der Waals surface area contributed by atoms with Gasteiger partial charge in [0.2, 0.25) is 0 Å². The van der Waals surface area contributed by atoms with Crippen LogP contribution in [-0.2, 0) is 14.3 Å². The highest BCUT2D eigenvalue weighted by atomic mass is 16.5. The molecule has 4 heteroatoms. The lowest BCUT2D eigenvalue weighted by Gasteiger charge is -2.26. The lowest BCUT2D eigenvalue weighted by atomic mass is 10.1. The molecule has 1 N–H and O–H groups in total. The molecule has 0 atom stereocenters. The van der Waals surface area contributed by atoms with Crippen LogP contribution in [0.3, 0.4) is 0 Å². The van der Waals surface area contributed by atoms with E-state index in [-0.39, 0.29) is 11.6 Å². The predicted octanol–water partition coefficient (Wildman–Crippen LogP) is 1.73. The Morgan fingerprint density at radius 1 is 1.25 bits per heavy atom. The van der Waals surface area contributed by atoms with E-state index in [1.165, 1.54) is 0 Å². The largest absolute Gasteiger partial charge is 0.464 e. The Kier molecular flexibility index (Phi) is 5.97. The molecule has 96 valence electrons. The molecule has 0 saturated carbocycles. The van der Waals surface area contributed by atoms with Gasteiger partial charge < -0.3 is 14.8 Å². The molecule has 0 heterocycles. The Bertz CT molecular complexity index is 224. The van der Waals surface area contributed by atoms with E-state index in [9.17, 15) is 4.79 Å². The first-order chi connectivity index (χ1) is 7.25. The summed E-state index contributed by atoms with van der Waals surface area (Å²) in [6, 6.07) is 0. The maximum absolute atomic E-state index is 11.7. The molecule has 0 fully saturated rings. The molecule has 0 aromatic rings. The summed E-state index contributed by atoms with van der Waals surface area (Å²) in [6.07, 6.45) is 0.692. The van der Waals surface area contributed by atoms with E-state index in [2.05, 4.69) is 5.32 Å². The van der Waals surface area contributed by atoms with E-state index in [0.717, 1.165) is 6.54 Å². The van der Waals surface area contributed by atoms with Crippen molar-refractivity contribution >= 4 is 5.97 Å². The minimum atomic E-state index is -0.619. The molecular formula is C12H25NO3. The fourth-order valence-electron chi connectivity index (χ4n) is 1.19. The van der Waals surface area contributed by atoms with Crippen LogP contribution < -0.4 is 5.32 Å². The highest BCUT2D eigenvalue weighted by molar-refractivity contribution is 5.79. The van der Waals surface area contributed by atoms with Gasteiger partial charge in [0.05, 0.1) is 12.2 Å². The standard InChI is InChI=1S/C12H25NO3/c1-7-13-12(4,5)10(14)16-9-8-11(2,3)15-6/h13H,7-9H2,1-6H3. The molecule has 0 saturated heterocycles. The summed E-state index contributed by atoms with van der Waals surface area (Å²) >= 11 is 0. The van der Waals surface area contributed by atoms with Gasteiger partial charge in [-0.1, -0.05) is 6.92 Å². The summed E-state index contributed by atoms with van der Waals surface area (Å²) in [4.78, 5) is 11.7. The third kappa shape index (κ3) is 5.47. The Balaban J connectivity index is 3.99. The maximum atomic E-state index is 11.7. The van der Waals surface area contributed by atoms with Gasteiger partial charge in [-0.25, -0.2) is 0 Å². The quantitative estimate of drug-likeness (QED) is 0.678. The Labute approximate surface area is 98.7 Å². The first kappa shape index (κ1) is 15.4. The lowest BCUT2D eigenvalue weighted by molar-refractivity contribution is -0.151. The van der Waals surface area contributed by atoms with Crippen molar-refractivity contribution in [1.82, 2.24) is 5.32 Å². The molecular weight excluding hydrogens is 206 g/mol. The number of carbonyl (C=O) groups is 1. The van der Waals surface area contributed by atoms with Gasteiger partial charge >= 0.3 is 5.97 Å². The molecule has 4 nitrogen and oxygen atoms in total. The van der Waals surface area contributed by atoms with Crippen LogP contribution in [0.1, 0.15) is 41.0 Å². The minimum absolute atomic E-state index is 0.221. The molecule has 0 aromatic heterocycles. The lowest BCUT2D eigenvalue weighted by Crippen LogP contribution is -2.47. The van der Waals surface area contributed by atoms with Crippen LogP contribution in [0, 0.1) is 0 Å². The van der Waals surface area contributed by atoms with Crippen LogP contribution in [0.5, 0.6) is 0 Å². The molecule has 0 aliphatic rings. The second kappa shape index (κ2) is 6.21. The molecule has 0 aliphatic heterocycles. The molecule has 0 unspecified atom stereocenters. The predicted molar refractivity (Wildman–Crippen MR) is 64.4 cm³/mol. The van der Waals surface area contributed by atoms with Gasteiger partial charge in [-0.2, -0.15) is 0 Å². The molecule has 0 aromatic carbocycles. The number of ether oxygens (including phenoxy) is 2. The fourth-order valence-corrected chi connectivity index (χ4v) is 1.19. The molecule has 0 rings (SSSR count). The van der Waals surface area contributed by atoms with Crippen molar-refractivity contribution in [1.29, 1.82) is 0 Å². The SMILES string of the molecule is CCNC(C)(C)C(=O)OCCC(C)(C)OC. The van der Waals surface area contributed by atoms with Crippen molar-refractivity contribution in [2.75, 3.05) is 20.3 Å². The van der Waals surface area contributed by atoms with Crippen LogP contribution in [0.4, 0.5) is 0 Å². The zero-order valence-electron chi connectivity index (χ0n) is 11.3. The first-order valence-electron chi connectivity index (χ1n) is 5.72. The number of hydrogen-bond acceptors (Lipinski definition) is 4. The van der Waals surface area contributed by atoms with Crippen molar-refractivity contribution in [2.45, 2.75) is 52.2 Å². The van der Waals surface area contributed by atoms with Gasteiger partial charge in [0.25, 0.3) is 0 Å². The second-order valence-corrected chi connectivity index (χ2v) is 5.01. The van der Waals surface area contributed by atoms with Crippen molar-refractivity contribution < 1.29 is 14.3 Å². The number of esters is 1. The smallest absolute Gasteiger partial charge is 0.325 e. The zero-order valence-corrected chi connectivity index (χ0v) is 11.3. The molecule has 0 bridgehead atoms. The Morgan fingerprint density at radius 3 is 2.25 bits per heavy atom. The molecule has 0 radical (unpaired) electrons. The molecule has 0 spiro atoms. The third-order valence-electron chi connectivity index (χ3n) is 2.62. The van der Waals surface area contributed by atoms with E-state index in [4.69, 9.17) is 9.47 Å². The third-order valence-corrected chi connectivity index (χ3v) is 2.62. The highest BCUT2D eigenvalue weighted by Crippen LogP contribution is 2.13. The van der Waals surface area contributed by atoms with Crippen molar-refractivity contribution in [3.8, 4) is 0 Å². The molecule has 0 aliphatic carbocycles. The summed E-state index contributed by atoms with van der Waals surface area (Å²) in [5.74, 6) is -0.221. The summed E-state index contributed by atoms with van der Waals surface area (Å²) in [7, 11) is 1.66. The topological polar surface area (TPSA) is 47.6 Å². The molecule has 16 heavy (non-hydrogen) atoms. The van der Waals surface area contributed by atoms with E-state index in [0.29, 0.717) is 13.0 Å². The van der Waals surface area contributed by atoms with Crippen LogP contribution in [-0.4, -0.2) is 37.4 Å². The van der Waals surface area contributed by atoms with Crippen LogP contribution in [0.2, 0.25) is 0 Å².